The summed E-state index contributed by atoms with van der Waals surface area (Å²) in [6.45, 7) is 9.65. The number of hydrogen-bond acceptors (Lipinski definition) is 2. The van der Waals surface area contributed by atoms with Gasteiger partial charge in [0.1, 0.15) is 5.60 Å². The summed E-state index contributed by atoms with van der Waals surface area (Å²) in [6.07, 6.45) is 2.97. The maximum Gasteiger partial charge on any atom is 0.110 e. The van der Waals surface area contributed by atoms with Crippen molar-refractivity contribution in [3.63, 3.8) is 0 Å². The fourth-order valence-corrected chi connectivity index (χ4v) is 1.66. The van der Waals surface area contributed by atoms with Crippen LogP contribution in [-0.4, -0.2) is 22.4 Å². The summed E-state index contributed by atoms with van der Waals surface area (Å²) in [4.78, 5) is 0. The van der Waals surface area contributed by atoms with E-state index in [1.165, 1.54) is 0 Å². The van der Waals surface area contributed by atoms with Crippen molar-refractivity contribution in [2.75, 3.05) is 0 Å². The minimum Gasteiger partial charge on any atom is -0.390 e. The Balaban J connectivity index is 2.79. The zero-order valence-electron chi connectivity index (χ0n) is 8.13. The van der Waals surface area contributed by atoms with Crippen LogP contribution < -0.4 is 0 Å². The van der Waals surface area contributed by atoms with E-state index in [4.69, 9.17) is 4.74 Å². The Morgan fingerprint density at radius 3 is 2.50 bits per heavy atom. The SMILES string of the molecule is C=C[C@]1(C)OC(C)(C)CC[C@@H]1O. The van der Waals surface area contributed by atoms with Gasteiger partial charge in [0.15, 0.2) is 0 Å². The van der Waals surface area contributed by atoms with Crippen molar-refractivity contribution in [2.45, 2.75) is 50.9 Å². The van der Waals surface area contributed by atoms with Crippen molar-refractivity contribution < 1.29 is 9.84 Å². The van der Waals surface area contributed by atoms with Gasteiger partial charge in [0.25, 0.3) is 0 Å². The molecule has 0 spiro atoms. The van der Waals surface area contributed by atoms with E-state index in [0.717, 1.165) is 12.8 Å². The second-order valence-corrected chi connectivity index (χ2v) is 4.30. The molecule has 1 fully saturated rings. The van der Waals surface area contributed by atoms with Crippen molar-refractivity contribution in [3.05, 3.63) is 12.7 Å². The van der Waals surface area contributed by atoms with Gasteiger partial charge in [-0.05, 0) is 33.6 Å². The first-order chi connectivity index (χ1) is 5.40. The predicted molar refractivity (Wildman–Crippen MR) is 49.0 cm³/mol. The quantitative estimate of drug-likeness (QED) is 0.609. The lowest BCUT2D eigenvalue weighted by molar-refractivity contribution is -0.192. The van der Waals surface area contributed by atoms with E-state index >= 15 is 0 Å². The summed E-state index contributed by atoms with van der Waals surface area (Å²) in [7, 11) is 0. The Kier molecular flexibility index (Phi) is 2.32. The highest BCUT2D eigenvalue weighted by atomic mass is 16.5. The van der Waals surface area contributed by atoms with E-state index in [1.807, 2.05) is 20.8 Å². The molecule has 0 aromatic rings. The molecular weight excluding hydrogens is 152 g/mol. The van der Waals surface area contributed by atoms with E-state index in [2.05, 4.69) is 6.58 Å². The standard InChI is InChI=1S/C10H18O2/c1-5-10(4)8(11)6-7-9(2,3)12-10/h5,8,11H,1,6-7H2,2-4H3/t8-,10-/m0/s1. The molecule has 1 aliphatic rings. The number of ether oxygens (including phenoxy) is 1. The smallest absolute Gasteiger partial charge is 0.110 e. The third-order valence-electron chi connectivity index (χ3n) is 2.58. The fourth-order valence-electron chi connectivity index (χ4n) is 1.66. The fraction of sp³-hybridized carbons (Fsp3) is 0.800. The molecule has 1 N–H and O–H groups in total. The first-order valence-electron chi connectivity index (χ1n) is 4.41. The van der Waals surface area contributed by atoms with Crippen LogP contribution >= 0.6 is 0 Å². The van der Waals surface area contributed by atoms with Crippen molar-refractivity contribution in [1.82, 2.24) is 0 Å². The summed E-state index contributed by atoms with van der Waals surface area (Å²) in [5.41, 5.74) is -0.704. The number of rotatable bonds is 1. The van der Waals surface area contributed by atoms with Crippen molar-refractivity contribution in [2.24, 2.45) is 0 Å². The van der Waals surface area contributed by atoms with Gasteiger partial charge in [-0.3, -0.25) is 0 Å². The second-order valence-electron chi connectivity index (χ2n) is 4.30. The maximum absolute atomic E-state index is 9.66. The highest BCUT2D eigenvalue weighted by Crippen LogP contribution is 2.35. The molecule has 0 aliphatic carbocycles. The van der Waals surface area contributed by atoms with Crippen LogP contribution in [0.4, 0.5) is 0 Å². The van der Waals surface area contributed by atoms with E-state index < -0.39 is 11.7 Å². The average Bonchev–Trinajstić information content (AvgIpc) is 1.97. The normalized spacial score (nSPS) is 40.8. The van der Waals surface area contributed by atoms with Gasteiger partial charge in [-0.2, -0.15) is 0 Å². The minimum absolute atomic E-state index is 0.137. The van der Waals surface area contributed by atoms with E-state index in [0.29, 0.717) is 0 Å². The van der Waals surface area contributed by atoms with Gasteiger partial charge in [0, 0.05) is 0 Å². The van der Waals surface area contributed by atoms with E-state index in [-0.39, 0.29) is 5.60 Å². The van der Waals surface area contributed by atoms with E-state index in [1.54, 1.807) is 6.08 Å². The van der Waals surface area contributed by atoms with Crippen LogP contribution in [0.25, 0.3) is 0 Å². The van der Waals surface area contributed by atoms with Crippen molar-refractivity contribution in [3.8, 4) is 0 Å². The lowest BCUT2D eigenvalue weighted by Crippen LogP contribution is -2.51. The lowest BCUT2D eigenvalue weighted by atomic mass is 9.85. The highest BCUT2D eigenvalue weighted by molar-refractivity contribution is 5.04. The number of hydrogen-bond donors (Lipinski definition) is 1. The van der Waals surface area contributed by atoms with Crippen molar-refractivity contribution >= 4 is 0 Å². The molecule has 0 radical (unpaired) electrons. The molecule has 1 saturated heterocycles. The van der Waals surface area contributed by atoms with Crippen LogP contribution in [0.15, 0.2) is 12.7 Å². The molecule has 1 heterocycles. The molecule has 0 amide bonds. The molecule has 70 valence electrons. The first kappa shape index (κ1) is 9.75. The maximum atomic E-state index is 9.66. The Morgan fingerprint density at radius 1 is 1.50 bits per heavy atom. The predicted octanol–water partition coefficient (Wildman–Crippen LogP) is 1.88. The molecule has 1 rings (SSSR count). The number of aliphatic hydroxyl groups is 1. The lowest BCUT2D eigenvalue weighted by Gasteiger charge is -2.44. The molecule has 1 aliphatic heterocycles. The molecule has 2 nitrogen and oxygen atoms in total. The Morgan fingerprint density at radius 2 is 2.08 bits per heavy atom. The van der Waals surface area contributed by atoms with E-state index in [9.17, 15) is 5.11 Å². The van der Waals surface area contributed by atoms with Gasteiger partial charge in [-0.25, -0.2) is 0 Å². The van der Waals surface area contributed by atoms with Crippen molar-refractivity contribution in [1.29, 1.82) is 0 Å². The highest BCUT2D eigenvalue weighted by Gasteiger charge is 2.41. The summed E-state index contributed by atoms with van der Waals surface area (Å²) < 4.78 is 5.75. The monoisotopic (exact) mass is 170 g/mol. The molecule has 0 aromatic heterocycles. The zero-order chi connectivity index (χ0) is 9.41. The summed E-state index contributed by atoms with van der Waals surface area (Å²) in [6, 6.07) is 0. The molecule has 2 heteroatoms. The largest absolute Gasteiger partial charge is 0.390 e. The summed E-state index contributed by atoms with van der Waals surface area (Å²) in [5.74, 6) is 0. The first-order valence-corrected chi connectivity index (χ1v) is 4.41. The molecule has 2 atom stereocenters. The number of aliphatic hydroxyl groups excluding tert-OH is 1. The second kappa shape index (κ2) is 2.86. The average molecular weight is 170 g/mol. The zero-order valence-corrected chi connectivity index (χ0v) is 8.13. The minimum atomic E-state index is -0.568. The van der Waals surface area contributed by atoms with Gasteiger partial charge in [0.05, 0.1) is 11.7 Å². The van der Waals surface area contributed by atoms with Crippen LogP contribution in [0, 0.1) is 0 Å². The summed E-state index contributed by atoms with van der Waals surface area (Å²) in [5, 5.41) is 9.66. The van der Waals surface area contributed by atoms with Gasteiger partial charge >= 0.3 is 0 Å². The van der Waals surface area contributed by atoms with Crippen LogP contribution in [0.1, 0.15) is 33.6 Å². The van der Waals surface area contributed by atoms with Crippen LogP contribution in [0.3, 0.4) is 0 Å². The molecule has 0 aromatic carbocycles. The molecule has 0 bridgehead atoms. The topological polar surface area (TPSA) is 29.5 Å². The molecule has 0 unspecified atom stereocenters. The van der Waals surface area contributed by atoms with Crippen LogP contribution in [-0.2, 0) is 4.74 Å². The van der Waals surface area contributed by atoms with Gasteiger partial charge in [0.2, 0.25) is 0 Å². The Labute approximate surface area is 74.2 Å². The Hall–Kier alpha value is -0.340. The summed E-state index contributed by atoms with van der Waals surface area (Å²) >= 11 is 0. The van der Waals surface area contributed by atoms with Gasteiger partial charge in [-0.15, -0.1) is 6.58 Å². The van der Waals surface area contributed by atoms with Gasteiger partial charge < -0.3 is 9.84 Å². The molecular formula is C10H18O2. The third kappa shape index (κ3) is 1.70. The third-order valence-corrected chi connectivity index (χ3v) is 2.58. The van der Waals surface area contributed by atoms with Gasteiger partial charge in [-0.1, -0.05) is 6.08 Å². The van der Waals surface area contributed by atoms with Crippen LogP contribution in [0.5, 0.6) is 0 Å². The Bertz CT molecular complexity index is 186. The van der Waals surface area contributed by atoms with Crippen LogP contribution in [0.2, 0.25) is 0 Å². The molecule has 12 heavy (non-hydrogen) atoms. The molecule has 0 saturated carbocycles.